The molecule has 1 aliphatic heterocycles. The highest BCUT2D eigenvalue weighted by Gasteiger charge is 2.29. The number of unbranched alkanes of at least 4 members (excludes halogenated alkanes) is 2. The van der Waals surface area contributed by atoms with Crippen molar-refractivity contribution in [3.05, 3.63) is 0 Å². The molecule has 0 spiro atoms. The van der Waals surface area contributed by atoms with Gasteiger partial charge in [-0.05, 0) is 46.7 Å². The Morgan fingerprint density at radius 3 is 2.15 bits per heavy atom. The summed E-state index contributed by atoms with van der Waals surface area (Å²) in [7, 11) is -3.35. The highest BCUT2D eigenvalue weighted by molar-refractivity contribution is 7.87. The predicted octanol–water partition coefficient (Wildman–Crippen LogP) is 0.366. The number of rotatable bonds is 7. The van der Waals surface area contributed by atoms with Crippen molar-refractivity contribution in [2.24, 2.45) is 5.73 Å². The van der Waals surface area contributed by atoms with Gasteiger partial charge in [-0.1, -0.05) is 6.42 Å². The molecule has 3 N–H and O–H groups in total. The van der Waals surface area contributed by atoms with Crippen molar-refractivity contribution in [3.8, 4) is 0 Å². The Morgan fingerprint density at radius 2 is 1.65 bits per heavy atom. The molecule has 20 heavy (non-hydrogen) atoms. The van der Waals surface area contributed by atoms with E-state index in [4.69, 9.17) is 5.73 Å². The molecule has 120 valence electrons. The topological polar surface area (TPSA) is 78.7 Å². The quantitative estimate of drug-likeness (QED) is 0.666. The van der Waals surface area contributed by atoms with Gasteiger partial charge in [-0.15, -0.1) is 0 Å². The summed E-state index contributed by atoms with van der Waals surface area (Å²) < 4.78 is 28.6. The Kier molecular flexibility index (Phi) is 6.87. The van der Waals surface area contributed by atoms with Crippen molar-refractivity contribution in [2.45, 2.75) is 45.6 Å². The van der Waals surface area contributed by atoms with E-state index < -0.39 is 15.7 Å². The van der Waals surface area contributed by atoms with Crippen LogP contribution >= 0.6 is 0 Å². The average molecular weight is 306 g/mol. The Bertz CT molecular complexity index is 370. The first-order chi connectivity index (χ1) is 9.24. The van der Waals surface area contributed by atoms with E-state index in [0.717, 1.165) is 45.4 Å². The van der Waals surface area contributed by atoms with Crippen LogP contribution in [-0.4, -0.2) is 62.4 Å². The molecule has 0 saturated carbocycles. The molecule has 6 nitrogen and oxygen atoms in total. The van der Waals surface area contributed by atoms with E-state index in [1.54, 1.807) is 4.31 Å². The number of nitrogens with zero attached hydrogens (tertiary/aromatic N) is 2. The Morgan fingerprint density at radius 1 is 1.05 bits per heavy atom. The molecule has 1 saturated heterocycles. The van der Waals surface area contributed by atoms with Gasteiger partial charge in [0.1, 0.15) is 0 Å². The van der Waals surface area contributed by atoms with Gasteiger partial charge >= 0.3 is 0 Å². The molecule has 1 fully saturated rings. The van der Waals surface area contributed by atoms with Crippen molar-refractivity contribution in [3.63, 3.8) is 0 Å². The van der Waals surface area contributed by atoms with Crippen LogP contribution in [0.5, 0.6) is 0 Å². The summed E-state index contributed by atoms with van der Waals surface area (Å²) in [6.45, 7) is 10.1. The third-order valence-corrected chi connectivity index (χ3v) is 5.20. The maximum atomic E-state index is 12.2. The lowest BCUT2D eigenvalue weighted by Crippen LogP contribution is -2.55. The number of hydrogen-bond acceptors (Lipinski definition) is 4. The lowest BCUT2D eigenvalue weighted by Gasteiger charge is -2.35. The zero-order valence-electron chi connectivity index (χ0n) is 13.1. The summed E-state index contributed by atoms with van der Waals surface area (Å²) in [6.07, 6.45) is 3.37. The minimum Gasteiger partial charge on any atom is -0.330 e. The summed E-state index contributed by atoms with van der Waals surface area (Å²) >= 11 is 0. The Hall–Kier alpha value is -0.210. The van der Waals surface area contributed by atoms with Gasteiger partial charge in [-0.3, -0.25) is 0 Å². The van der Waals surface area contributed by atoms with Gasteiger partial charge in [-0.25, -0.2) is 0 Å². The second-order valence-electron chi connectivity index (χ2n) is 6.45. The third-order valence-electron chi connectivity index (χ3n) is 3.28. The van der Waals surface area contributed by atoms with Crippen LogP contribution in [0.3, 0.4) is 0 Å². The fraction of sp³-hybridized carbons (Fsp3) is 1.00. The first-order valence-corrected chi connectivity index (χ1v) is 8.90. The molecule has 0 atom stereocenters. The van der Waals surface area contributed by atoms with E-state index >= 15 is 0 Å². The summed E-state index contributed by atoms with van der Waals surface area (Å²) in [4.78, 5) is 2.33. The standard InChI is InChI=1S/C13H30N4O2S/c1-13(2,3)15-20(18,19)17-11-9-16(10-12-17)8-6-4-5-7-14/h15H,4-12,14H2,1-3H3. The fourth-order valence-corrected chi connectivity index (χ4v) is 3.85. The second-order valence-corrected chi connectivity index (χ2v) is 8.12. The summed E-state index contributed by atoms with van der Waals surface area (Å²) in [5.41, 5.74) is 5.04. The molecule has 0 aromatic heterocycles. The molecule has 0 aliphatic carbocycles. The highest BCUT2D eigenvalue weighted by atomic mass is 32.2. The molecule has 0 aromatic carbocycles. The molecule has 1 heterocycles. The van der Waals surface area contributed by atoms with Crippen LogP contribution in [0.2, 0.25) is 0 Å². The van der Waals surface area contributed by atoms with Crippen molar-refractivity contribution in [2.75, 3.05) is 39.3 Å². The minimum absolute atomic E-state index is 0.432. The largest absolute Gasteiger partial charge is 0.330 e. The van der Waals surface area contributed by atoms with Crippen LogP contribution in [0, 0.1) is 0 Å². The second kappa shape index (κ2) is 7.70. The maximum Gasteiger partial charge on any atom is 0.280 e. The summed E-state index contributed by atoms with van der Waals surface area (Å²) in [5, 5.41) is 0. The van der Waals surface area contributed by atoms with Gasteiger partial charge < -0.3 is 10.6 Å². The van der Waals surface area contributed by atoms with Crippen molar-refractivity contribution in [1.29, 1.82) is 0 Å². The van der Waals surface area contributed by atoms with Crippen LogP contribution in [-0.2, 0) is 10.2 Å². The van der Waals surface area contributed by atoms with Gasteiger partial charge in [0, 0.05) is 31.7 Å². The lowest BCUT2D eigenvalue weighted by molar-refractivity contribution is 0.183. The smallest absolute Gasteiger partial charge is 0.280 e. The van der Waals surface area contributed by atoms with Gasteiger partial charge in [0.2, 0.25) is 0 Å². The van der Waals surface area contributed by atoms with Crippen molar-refractivity contribution >= 4 is 10.2 Å². The molecule has 0 bridgehead atoms. The first kappa shape index (κ1) is 17.8. The molecule has 0 amide bonds. The highest BCUT2D eigenvalue weighted by Crippen LogP contribution is 2.11. The van der Waals surface area contributed by atoms with E-state index in [9.17, 15) is 8.42 Å². The van der Waals surface area contributed by atoms with E-state index in [1.165, 1.54) is 0 Å². The zero-order valence-corrected chi connectivity index (χ0v) is 13.9. The summed E-state index contributed by atoms with van der Waals surface area (Å²) in [6, 6.07) is 0. The van der Waals surface area contributed by atoms with Crippen LogP contribution in [0.25, 0.3) is 0 Å². The molecule has 7 heteroatoms. The lowest BCUT2D eigenvalue weighted by atomic mass is 10.1. The van der Waals surface area contributed by atoms with Crippen molar-refractivity contribution in [1.82, 2.24) is 13.9 Å². The molecular weight excluding hydrogens is 276 g/mol. The average Bonchev–Trinajstić information content (AvgIpc) is 2.32. The molecule has 1 rings (SSSR count). The Labute approximate surface area is 123 Å². The van der Waals surface area contributed by atoms with E-state index in [-0.39, 0.29) is 0 Å². The van der Waals surface area contributed by atoms with Crippen LogP contribution in [0.4, 0.5) is 0 Å². The van der Waals surface area contributed by atoms with E-state index in [2.05, 4.69) is 9.62 Å². The summed E-state index contributed by atoms with van der Waals surface area (Å²) in [5.74, 6) is 0. The molecule has 0 unspecified atom stereocenters. The normalized spacial score (nSPS) is 19.4. The third kappa shape index (κ3) is 6.49. The zero-order chi connectivity index (χ0) is 15.2. The van der Waals surface area contributed by atoms with Gasteiger partial charge in [0.15, 0.2) is 0 Å². The number of hydrogen-bond donors (Lipinski definition) is 2. The molecule has 0 radical (unpaired) electrons. The van der Waals surface area contributed by atoms with Crippen LogP contribution in [0.1, 0.15) is 40.0 Å². The Balaban J connectivity index is 2.34. The van der Waals surface area contributed by atoms with Crippen LogP contribution in [0.15, 0.2) is 0 Å². The monoisotopic (exact) mass is 306 g/mol. The SMILES string of the molecule is CC(C)(C)NS(=O)(=O)N1CCN(CCCCCN)CC1. The maximum absolute atomic E-state index is 12.2. The molecule has 1 aliphatic rings. The van der Waals surface area contributed by atoms with Crippen LogP contribution < -0.4 is 10.5 Å². The first-order valence-electron chi connectivity index (χ1n) is 7.46. The molecular formula is C13H30N4O2S. The fourth-order valence-electron chi connectivity index (χ4n) is 2.30. The number of piperazine rings is 1. The van der Waals surface area contributed by atoms with Crippen molar-refractivity contribution < 1.29 is 8.42 Å². The number of nitrogens with one attached hydrogen (secondary N) is 1. The van der Waals surface area contributed by atoms with E-state index in [0.29, 0.717) is 13.1 Å². The number of nitrogens with two attached hydrogens (primary N) is 1. The minimum atomic E-state index is -3.35. The molecule has 0 aromatic rings. The van der Waals surface area contributed by atoms with Gasteiger partial charge in [0.25, 0.3) is 10.2 Å². The van der Waals surface area contributed by atoms with Gasteiger partial charge in [0.05, 0.1) is 0 Å². The van der Waals surface area contributed by atoms with E-state index in [1.807, 2.05) is 20.8 Å². The van der Waals surface area contributed by atoms with Gasteiger partial charge in [-0.2, -0.15) is 17.4 Å². The predicted molar refractivity (Wildman–Crippen MR) is 82.7 cm³/mol.